The van der Waals surface area contributed by atoms with Crippen molar-refractivity contribution >= 4 is 5.91 Å². The van der Waals surface area contributed by atoms with E-state index < -0.39 is 0 Å². The van der Waals surface area contributed by atoms with Crippen LogP contribution in [0.2, 0.25) is 0 Å². The molecule has 1 atom stereocenters. The zero-order valence-electron chi connectivity index (χ0n) is 11.6. The van der Waals surface area contributed by atoms with Gasteiger partial charge in [0.15, 0.2) is 0 Å². The van der Waals surface area contributed by atoms with Crippen molar-refractivity contribution in [2.75, 3.05) is 7.05 Å². The smallest absolute Gasteiger partial charge is 0.239 e. The molecule has 0 heterocycles. The maximum atomic E-state index is 12.2. The molecule has 1 aliphatic rings. The van der Waals surface area contributed by atoms with Gasteiger partial charge < -0.3 is 10.6 Å². The summed E-state index contributed by atoms with van der Waals surface area (Å²) in [5, 5.41) is 0. The Hall–Kier alpha value is -0.570. The topological polar surface area (TPSA) is 46.3 Å². The van der Waals surface area contributed by atoms with E-state index in [1.54, 1.807) is 0 Å². The molecule has 17 heavy (non-hydrogen) atoms. The lowest BCUT2D eigenvalue weighted by atomic mass is 10.0. The molecule has 0 aromatic rings. The Bertz CT molecular complexity index is 232. The molecule has 1 fully saturated rings. The third-order valence-corrected chi connectivity index (χ3v) is 3.76. The number of rotatable bonds is 4. The summed E-state index contributed by atoms with van der Waals surface area (Å²) in [7, 11) is 1.93. The lowest BCUT2D eigenvalue weighted by Crippen LogP contribution is -2.46. The molecule has 100 valence electrons. The fraction of sp³-hybridized carbons (Fsp3) is 0.929. The summed E-state index contributed by atoms with van der Waals surface area (Å²) in [6.07, 6.45) is 8.22. The molecule has 3 heteroatoms. The molecule has 3 nitrogen and oxygen atoms in total. The number of amides is 1. The Kier molecular flexibility index (Phi) is 5.96. The van der Waals surface area contributed by atoms with Gasteiger partial charge in [0, 0.05) is 13.1 Å². The van der Waals surface area contributed by atoms with Gasteiger partial charge in [0.2, 0.25) is 5.91 Å². The molecule has 0 aliphatic heterocycles. The molecule has 1 rings (SSSR count). The maximum absolute atomic E-state index is 12.2. The second-order valence-electron chi connectivity index (χ2n) is 5.83. The number of nitrogens with two attached hydrogens (primary N) is 1. The van der Waals surface area contributed by atoms with E-state index in [9.17, 15) is 4.79 Å². The fourth-order valence-corrected chi connectivity index (χ4v) is 2.70. The molecule has 0 spiro atoms. The lowest BCUT2D eigenvalue weighted by Gasteiger charge is -2.30. The summed E-state index contributed by atoms with van der Waals surface area (Å²) in [4.78, 5) is 14.1. The number of nitrogens with zero attached hydrogens (tertiary/aromatic N) is 1. The highest BCUT2D eigenvalue weighted by Gasteiger charge is 2.25. The second kappa shape index (κ2) is 7.00. The minimum atomic E-state index is -0.316. The van der Waals surface area contributed by atoms with Crippen molar-refractivity contribution in [3.63, 3.8) is 0 Å². The number of hydrogen-bond acceptors (Lipinski definition) is 2. The van der Waals surface area contributed by atoms with Crippen LogP contribution in [0.3, 0.4) is 0 Å². The number of carbonyl (C=O) groups is 1. The molecule has 0 radical (unpaired) electrons. The predicted molar refractivity (Wildman–Crippen MR) is 71.7 cm³/mol. The van der Waals surface area contributed by atoms with Gasteiger partial charge in [-0.2, -0.15) is 0 Å². The Morgan fingerprint density at radius 1 is 1.24 bits per heavy atom. The van der Waals surface area contributed by atoms with Crippen LogP contribution in [-0.4, -0.2) is 29.9 Å². The Balaban J connectivity index is 2.49. The van der Waals surface area contributed by atoms with Gasteiger partial charge in [-0.05, 0) is 25.2 Å². The van der Waals surface area contributed by atoms with Crippen molar-refractivity contribution in [3.05, 3.63) is 0 Å². The van der Waals surface area contributed by atoms with E-state index in [1.165, 1.54) is 25.7 Å². The van der Waals surface area contributed by atoms with Gasteiger partial charge in [0.25, 0.3) is 0 Å². The minimum Gasteiger partial charge on any atom is -0.341 e. The van der Waals surface area contributed by atoms with E-state index in [0.717, 1.165) is 19.3 Å². The molecule has 2 N–H and O–H groups in total. The number of hydrogen-bond donors (Lipinski definition) is 1. The quantitative estimate of drug-likeness (QED) is 0.768. The third-order valence-electron chi connectivity index (χ3n) is 3.76. The van der Waals surface area contributed by atoms with Gasteiger partial charge in [-0.1, -0.05) is 39.5 Å². The first-order valence-corrected chi connectivity index (χ1v) is 7.04. The van der Waals surface area contributed by atoms with E-state index in [-0.39, 0.29) is 11.9 Å². The molecular weight excluding hydrogens is 212 g/mol. The lowest BCUT2D eigenvalue weighted by molar-refractivity contribution is -0.134. The van der Waals surface area contributed by atoms with Crippen LogP contribution in [0.5, 0.6) is 0 Å². The Morgan fingerprint density at radius 2 is 1.76 bits per heavy atom. The second-order valence-corrected chi connectivity index (χ2v) is 5.83. The van der Waals surface area contributed by atoms with E-state index >= 15 is 0 Å². The monoisotopic (exact) mass is 240 g/mol. The first kappa shape index (κ1) is 14.5. The largest absolute Gasteiger partial charge is 0.341 e. The SMILES string of the molecule is CC(C)C[C@H](N)C(=O)N(C)C1CCCCCC1. The molecule has 0 bridgehead atoms. The van der Waals surface area contributed by atoms with Crippen LogP contribution in [0.4, 0.5) is 0 Å². The average molecular weight is 240 g/mol. The summed E-state index contributed by atoms with van der Waals surface area (Å²) in [6, 6.07) is 0.103. The normalized spacial score (nSPS) is 20.1. The standard InChI is InChI=1S/C14H28N2O/c1-11(2)10-13(15)14(17)16(3)12-8-6-4-5-7-9-12/h11-13H,4-10,15H2,1-3H3/t13-/m0/s1. The Labute approximate surface area is 106 Å². The van der Waals surface area contributed by atoms with Crippen LogP contribution in [0.1, 0.15) is 58.8 Å². The highest BCUT2D eigenvalue weighted by atomic mass is 16.2. The summed E-state index contributed by atoms with van der Waals surface area (Å²) in [6.45, 7) is 4.22. The summed E-state index contributed by atoms with van der Waals surface area (Å²) in [5.74, 6) is 0.613. The number of likely N-dealkylation sites (N-methyl/N-ethyl adjacent to an activating group) is 1. The molecule has 0 unspecified atom stereocenters. The highest BCUT2D eigenvalue weighted by Crippen LogP contribution is 2.21. The van der Waals surface area contributed by atoms with Crippen molar-refractivity contribution in [1.29, 1.82) is 0 Å². The zero-order chi connectivity index (χ0) is 12.8. The van der Waals surface area contributed by atoms with Crippen molar-refractivity contribution < 1.29 is 4.79 Å². The van der Waals surface area contributed by atoms with Gasteiger partial charge in [0.05, 0.1) is 6.04 Å². The van der Waals surface area contributed by atoms with Crippen molar-refractivity contribution in [2.24, 2.45) is 11.7 Å². The van der Waals surface area contributed by atoms with E-state index in [2.05, 4.69) is 13.8 Å². The molecule has 0 aromatic carbocycles. The van der Waals surface area contributed by atoms with Crippen LogP contribution < -0.4 is 5.73 Å². The van der Waals surface area contributed by atoms with Crippen LogP contribution in [0, 0.1) is 5.92 Å². The van der Waals surface area contributed by atoms with E-state index in [1.807, 2.05) is 11.9 Å². The maximum Gasteiger partial charge on any atom is 0.239 e. The fourth-order valence-electron chi connectivity index (χ4n) is 2.70. The van der Waals surface area contributed by atoms with E-state index in [0.29, 0.717) is 12.0 Å². The van der Waals surface area contributed by atoms with Crippen molar-refractivity contribution in [3.8, 4) is 0 Å². The first-order valence-electron chi connectivity index (χ1n) is 7.04. The summed E-state index contributed by atoms with van der Waals surface area (Å²) < 4.78 is 0. The molecule has 1 saturated carbocycles. The van der Waals surface area contributed by atoms with Gasteiger partial charge in [-0.15, -0.1) is 0 Å². The molecule has 1 amide bonds. The minimum absolute atomic E-state index is 0.130. The average Bonchev–Trinajstić information content (AvgIpc) is 2.54. The highest BCUT2D eigenvalue weighted by molar-refractivity contribution is 5.81. The summed E-state index contributed by atoms with van der Waals surface area (Å²) >= 11 is 0. The summed E-state index contributed by atoms with van der Waals surface area (Å²) in [5.41, 5.74) is 5.97. The van der Waals surface area contributed by atoms with Crippen molar-refractivity contribution in [2.45, 2.75) is 70.9 Å². The van der Waals surface area contributed by atoms with Crippen LogP contribution in [0.25, 0.3) is 0 Å². The third kappa shape index (κ3) is 4.66. The van der Waals surface area contributed by atoms with Crippen LogP contribution in [0.15, 0.2) is 0 Å². The Morgan fingerprint density at radius 3 is 2.24 bits per heavy atom. The van der Waals surface area contributed by atoms with Gasteiger partial charge in [-0.3, -0.25) is 4.79 Å². The van der Waals surface area contributed by atoms with Gasteiger partial charge in [0.1, 0.15) is 0 Å². The van der Waals surface area contributed by atoms with Crippen LogP contribution >= 0.6 is 0 Å². The zero-order valence-corrected chi connectivity index (χ0v) is 11.6. The molecule has 1 aliphatic carbocycles. The molecule has 0 aromatic heterocycles. The predicted octanol–water partition coefficient (Wildman–Crippen LogP) is 2.54. The van der Waals surface area contributed by atoms with Gasteiger partial charge >= 0.3 is 0 Å². The van der Waals surface area contributed by atoms with Gasteiger partial charge in [-0.25, -0.2) is 0 Å². The van der Waals surface area contributed by atoms with Crippen LogP contribution in [-0.2, 0) is 4.79 Å². The first-order chi connectivity index (χ1) is 8.02. The molecule has 0 saturated heterocycles. The number of carbonyl (C=O) groups excluding carboxylic acids is 1. The van der Waals surface area contributed by atoms with Crippen molar-refractivity contribution in [1.82, 2.24) is 4.90 Å². The molecular formula is C14H28N2O. The van der Waals surface area contributed by atoms with E-state index in [4.69, 9.17) is 5.73 Å².